The van der Waals surface area contributed by atoms with Crippen LogP contribution in [0.5, 0.6) is 5.75 Å². The average Bonchev–Trinajstić information content (AvgIpc) is 2.35. The van der Waals surface area contributed by atoms with Crippen LogP contribution < -0.4 is 10.1 Å². The highest BCUT2D eigenvalue weighted by molar-refractivity contribution is 5.77. The van der Waals surface area contributed by atoms with E-state index in [1.807, 2.05) is 13.8 Å². The second kappa shape index (κ2) is 6.06. The lowest BCUT2D eigenvalue weighted by Gasteiger charge is -2.27. The summed E-state index contributed by atoms with van der Waals surface area (Å²) in [7, 11) is 1.67. The summed E-state index contributed by atoms with van der Waals surface area (Å²) >= 11 is 0. The van der Waals surface area contributed by atoms with Gasteiger partial charge < -0.3 is 15.2 Å². The molecule has 2 N–H and O–H groups in total. The van der Waals surface area contributed by atoms with E-state index >= 15 is 0 Å². The molecule has 0 heterocycles. The standard InChI is InChI=1S/C15H23NO3/c1-10-6-12(7-11(2)14(10)19-5)15(3,4)9-16-13(18)8-17/h6-7,17H,8-9H2,1-5H3,(H,16,18). The topological polar surface area (TPSA) is 58.6 Å². The van der Waals surface area contributed by atoms with Gasteiger partial charge >= 0.3 is 0 Å². The van der Waals surface area contributed by atoms with E-state index in [1.165, 1.54) is 0 Å². The van der Waals surface area contributed by atoms with Crippen molar-refractivity contribution in [3.05, 3.63) is 28.8 Å². The largest absolute Gasteiger partial charge is 0.496 e. The Labute approximate surface area is 114 Å². The molecule has 0 unspecified atom stereocenters. The van der Waals surface area contributed by atoms with E-state index in [-0.39, 0.29) is 11.3 Å². The maximum Gasteiger partial charge on any atom is 0.245 e. The minimum atomic E-state index is -0.475. The lowest BCUT2D eigenvalue weighted by atomic mass is 9.82. The van der Waals surface area contributed by atoms with Gasteiger partial charge in [0.15, 0.2) is 0 Å². The number of nitrogens with one attached hydrogen (secondary N) is 1. The second-order valence-corrected chi connectivity index (χ2v) is 5.46. The van der Waals surface area contributed by atoms with Gasteiger partial charge in [-0.15, -0.1) is 0 Å². The Morgan fingerprint density at radius 2 is 1.84 bits per heavy atom. The molecule has 4 nitrogen and oxygen atoms in total. The number of carbonyl (C=O) groups excluding carboxylic acids is 1. The molecule has 0 aromatic heterocycles. The maximum atomic E-state index is 11.1. The summed E-state index contributed by atoms with van der Waals surface area (Å²) in [5, 5.41) is 11.4. The smallest absolute Gasteiger partial charge is 0.245 e. The minimum Gasteiger partial charge on any atom is -0.496 e. The Morgan fingerprint density at radius 1 is 1.32 bits per heavy atom. The Bertz CT molecular complexity index is 443. The Morgan fingerprint density at radius 3 is 2.26 bits per heavy atom. The fourth-order valence-corrected chi connectivity index (χ4v) is 2.14. The molecule has 0 atom stereocenters. The van der Waals surface area contributed by atoms with Crippen LogP contribution in [-0.2, 0) is 10.2 Å². The van der Waals surface area contributed by atoms with Gasteiger partial charge in [0.1, 0.15) is 12.4 Å². The maximum absolute atomic E-state index is 11.1. The van der Waals surface area contributed by atoms with E-state index in [9.17, 15) is 4.79 Å². The lowest BCUT2D eigenvalue weighted by molar-refractivity contribution is -0.124. The van der Waals surface area contributed by atoms with E-state index < -0.39 is 6.61 Å². The predicted molar refractivity (Wildman–Crippen MR) is 75.6 cm³/mol. The summed E-state index contributed by atoms with van der Waals surface area (Å²) in [4.78, 5) is 11.1. The van der Waals surface area contributed by atoms with Gasteiger partial charge in [-0.3, -0.25) is 4.79 Å². The number of benzene rings is 1. The molecule has 1 amide bonds. The molecule has 106 valence electrons. The summed E-state index contributed by atoms with van der Waals surface area (Å²) < 4.78 is 5.36. The molecule has 0 spiro atoms. The predicted octanol–water partition coefficient (Wildman–Crippen LogP) is 1.70. The molecule has 4 heteroatoms. The fraction of sp³-hybridized carbons (Fsp3) is 0.533. The van der Waals surface area contributed by atoms with Crippen molar-refractivity contribution < 1.29 is 14.6 Å². The van der Waals surface area contributed by atoms with E-state index in [1.54, 1.807) is 7.11 Å². The molecule has 1 aromatic rings. The third-order valence-corrected chi connectivity index (χ3v) is 3.32. The number of hydrogen-bond donors (Lipinski definition) is 2. The first-order valence-corrected chi connectivity index (χ1v) is 6.35. The SMILES string of the molecule is COc1c(C)cc(C(C)(C)CNC(=O)CO)cc1C. The fourth-order valence-electron chi connectivity index (χ4n) is 2.14. The zero-order valence-electron chi connectivity index (χ0n) is 12.3. The van der Waals surface area contributed by atoms with Gasteiger partial charge in [0.05, 0.1) is 7.11 Å². The van der Waals surface area contributed by atoms with Crippen molar-refractivity contribution in [2.75, 3.05) is 20.3 Å². The van der Waals surface area contributed by atoms with Crippen LogP contribution in [-0.4, -0.2) is 31.3 Å². The van der Waals surface area contributed by atoms with Crippen molar-refractivity contribution in [1.29, 1.82) is 0 Å². The zero-order valence-corrected chi connectivity index (χ0v) is 12.3. The molecule has 0 aliphatic rings. The molecule has 19 heavy (non-hydrogen) atoms. The zero-order chi connectivity index (χ0) is 14.6. The molecule has 1 aromatic carbocycles. The number of ether oxygens (including phenoxy) is 1. The van der Waals surface area contributed by atoms with Crippen molar-refractivity contribution in [2.45, 2.75) is 33.1 Å². The van der Waals surface area contributed by atoms with Crippen LogP contribution in [0.25, 0.3) is 0 Å². The molecule has 0 fully saturated rings. The molecule has 0 bridgehead atoms. The van der Waals surface area contributed by atoms with Crippen LogP contribution >= 0.6 is 0 Å². The monoisotopic (exact) mass is 265 g/mol. The number of hydrogen-bond acceptors (Lipinski definition) is 3. The number of aryl methyl sites for hydroxylation is 2. The summed E-state index contributed by atoms with van der Waals surface area (Å²) in [5.41, 5.74) is 3.10. The van der Waals surface area contributed by atoms with Gasteiger partial charge in [-0.25, -0.2) is 0 Å². The first-order valence-electron chi connectivity index (χ1n) is 6.35. The van der Waals surface area contributed by atoms with Crippen molar-refractivity contribution in [3.63, 3.8) is 0 Å². The van der Waals surface area contributed by atoms with Crippen LogP contribution in [0.1, 0.15) is 30.5 Å². The number of carbonyl (C=O) groups is 1. The molecule has 0 aliphatic carbocycles. The highest BCUT2D eigenvalue weighted by Gasteiger charge is 2.23. The first kappa shape index (κ1) is 15.5. The van der Waals surface area contributed by atoms with E-state index in [2.05, 4.69) is 31.3 Å². The van der Waals surface area contributed by atoms with Crippen LogP contribution in [0.3, 0.4) is 0 Å². The Hall–Kier alpha value is -1.55. The van der Waals surface area contributed by atoms with E-state index in [4.69, 9.17) is 9.84 Å². The summed E-state index contributed by atoms with van der Waals surface area (Å²) in [6.07, 6.45) is 0. The molecule has 0 saturated carbocycles. The van der Waals surface area contributed by atoms with Gasteiger partial charge in [0, 0.05) is 12.0 Å². The Balaban J connectivity index is 2.98. The van der Waals surface area contributed by atoms with Gasteiger partial charge in [0.25, 0.3) is 0 Å². The number of aliphatic hydroxyl groups is 1. The van der Waals surface area contributed by atoms with Gasteiger partial charge in [0.2, 0.25) is 5.91 Å². The number of methoxy groups -OCH3 is 1. The van der Waals surface area contributed by atoms with Crippen LogP contribution in [0, 0.1) is 13.8 Å². The van der Waals surface area contributed by atoms with Crippen LogP contribution in [0.15, 0.2) is 12.1 Å². The van der Waals surface area contributed by atoms with Crippen LogP contribution in [0.2, 0.25) is 0 Å². The summed E-state index contributed by atoms with van der Waals surface area (Å²) in [6, 6.07) is 4.16. The summed E-state index contributed by atoms with van der Waals surface area (Å²) in [5.74, 6) is 0.550. The molecule has 1 rings (SSSR count). The second-order valence-electron chi connectivity index (χ2n) is 5.46. The number of rotatable bonds is 5. The molecule has 0 aliphatic heterocycles. The lowest BCUT2D eigenvalue weighted by Crippen LogP contribution is -2.38. The highest BCUT2D eigenvalue weighted by atomic mass is 16.5. The van der Waals surface area contributed by atoms with E-state index in [0.717, 1.165) is 22.4 Å². The van der Waals surface area contributed by atoms with E-state index in [0.29, 0.717) is 6.54 Å². The van der Waals surface area contributed by atoms with Crippen molar-refractivity contribution >= 4 is 5.91 Å². The van der Waals surface area contributed by atoms with Gasteiger partial charge in [-0.05, 0) is 30.5 Å². The van der Waals surface area contributed by atoms with Gasteiger partial charge in [-0.1, -0.05) is 26.0 Å². The van der Waals surface area contributed by atoms with Crippen molar-refractivity contribution in [1.82, 2.24) is 5.32 Å². The third-order valence-electron chi connectivity index (χ3n) is 3.32. The highest BCUT2D eigenvalue weighted by Crippen LogP contribution is 2.30. The van der Waals surface area contributed by atoms with Crippen molar-refractivity contribution in [2.24, 2.45) is 0 Å². The van der Waals surface area contributed by atoms with Crippen LogP contribution in [0.4, 0.5) is 0 Å². The molecule has 0 saturated heterocycles. The molecular formula is C15H23NO3. The number of amides is 1. The third kappa shape index (κ3) is 3.70. The average molecular weight is 265 g/mol. The summed E-state index contributed by atoms with van der Waals surface area (Å²) in [6.45, 7) is 8.15. The molecule has 0 radical (unpaired) electrons. The normalized spacial score (nSPS) is 11.3. The van der Waals surface area contributed by atoms with Gasteiger partial charge in [-0.2, -0.15) is 0 Å². The Kier molecular flexibility index (Phi) is 4.95. The first-order chi connectivity index (χ1) is 8.81. The minimum absolute atomic E-state index is 0.202. The quantitative estimate of drug-likeness (QED) is 0.852. The molecular weight excluding hydrogens is 242 g/mol. The van der Waals surface area contributed by atoms with Crippen molar-refractivity contribution in [3.8, 4) is 5.75 Å². The number of aliphatic hydroxyl groups excluding tert-OH is 1.